The lowest BCUT2D eigenvalue weighted by Gasteiger charge is -2.41. The number of rotatable bonds is 3. The highest BCUT2D eigenvalue weighted by Gasteiger charge is 2.42. The second kappa shape index (κ2) is 5.86. The minimum absolute atomic E-state index is 0.138. The Morgan fingerprint density at radius 2 is 2.04 bits per heavy atom. The lowest BCUT2D eigenvalue weighted by molar-refractivity contribution is -0.00586. The minimum Gasteiger partial charge on any atom is -0.391 e. The van der Waals surface area contributed by atoms with Crippen LogP contribution < -0.4 is 10.9 Å². The Kier molecular flexibility index (Phi) is 3.65. The van der Waals surface area contributed by atoms with Crippen molar-refractivity contribution in [2.75, 3.05) is 0 Å². The molecule has 1 aromatic carbocycles. The second-order valence-electron chi connectivity index (χ2n) is 6.36. The van der Waals surface area contributed by atoms with Gasteiger partial charge in [-0.2, -0.15) is 5.10 Å². The van der Waals surface area contributed by atoms with E-state index >= 15 is 0 Å². The van der Waals surface area contributed by atoms with Crippen LogP contribution in [0.25, 0.3) is 10.8 Å². The number of aryl methyl sites for hydroxylation is 1. The van der Waals surface area contributed by atoms with Crippen molar-refractivity contribution in [1.29, 1.82) is 0 Å². The van der Waals surface area contributed by atoms with Gasteiger partial charge < -0.3 is 15.0 Å². The first kappa shape index (κ1) is 15.6. The Bertz CT molecular complexity index is 993. The molecular weight excluding hydrogens is 320 g/mol. The Labute approximate surface area is 143 Å². The zero-order valence-electron chi connectivity index (χ0n) is 13.7. The summed E-state index contributed by atoms with van der Waals surface area (Å²) >= 11 is 0. The molecule has 1 saturated carbocycles. The molecule has 25 heavy (non-hydrogen) atoms. The molecule has 0 spiro atoms. The van der Waals surface area contributed by atoms with Crippen molar-refractivity contribution < 1.29 is 9.90 Å². The first-order valence-electron chi connectivity index (χ1n) is 8.12. The number of carbonyl (C=O) groups is 1. The molecule has 4 rings (SSSR count). The first-order valence-corrected chi connectivity index (χ1v) is 8.12. The number of hydrogen-bond donors (Lipinski definition) is 2. The maximum Gasteiger partial charge on any atom is 0.258 e. The summed E-state index contributed by atoms with van der Waals surface area (Å²) in [4.78, 5) is 25.0. The van der Waals surface area contributed by atoms with Gasteiger partial charge in [0.1, 0.15) is 0 Å². The van der Waals surface area contributed by atoms with Crippen molar-refractivity contribution in [2.24, 2.45) is 7.05 Å². The normalized spacial score (nSPS) is 22.6. The van der Waals surface area contributed by atoms with Crippen molar-refractivity contribution in [3.05, 3.63) is 64.8 Å². The molecule has 3 atom stereocenters. The molecule has 0 aliphatic heterocycles. The summed E-state index contributed by atoms with van der Waals surface area (Å²) in [6.07, 6.45) is 4.90. The molecule has 1 fully saturated rings. The SMILES string of the molecule is Cn1cc(C(=O)N[C@H]2C[C@@H](O)[C@@H]2n2cccn2)c2ccccc2c1=O. The van der Waals surface area contributed by atoms with Crippen LogP contribution in [0.2, 0.25) is 0 Å². The van der Waals surface area contributed by atoms with E-state index < -0.39 is 6.10 Å². The van der Waals surface area contributed by atoms with Crippen molar-refractivity contribution in [1.82, 2.24) is 19.7 Å². The third-order valence-corrected chi connectivity index (χ3v) is 4.78. The van der Waals surface area contributed by atoms with Gasteiger partial charge in [0.25, 0.3) is 11.5 Å². The van der Waals surface area contributed by atoms with Crippen molar-refractivity contribution in [3.63, 3.8) is 0 Å². The Hall–Kier alpha value is -2.93. The quantitative estimate of drug-likeness (QED) is 0.741. The van der Waals surface area contributed by atoms with Gasteiger partial charge in [-0.1, -0.05) is 18.2 Å². The number of hydrogen-bond acceptors (Lipinski definition) is 4. The van der Waals surface area contributed by atoms with Crippen LogP contribution in [0.1, 0.15) is 22.8 Å². The Morgan fingerprint density at radius 3 is 2.72 bits per heavy atom. The van der Waals surface area contributed by atoms with Crippen LogP contribution in [-0.2, 0) is 7.05 Å². The number of nitrogens with zero attached hydrogens (tertiary/aromatic N) is 3. The van der Waals surface area contributed by atoms with Crippen LogP contribution in [-0.4, -0.2) is 37.5 Å². The monoisotopic (exact) mass is 338 g/mol. The van der Waals surface area contributed by atoms with Gasteiger partial charge in [0.2, 0.25) is 0 Å². The van der Waals surface area contributed by atoms with Crippen LogP contribution in [0.3, 0.4) is 0 Å². The predicted octanol–water partition coefficient (Wildman–Crippen LogP) is 0.839. The number of pyridine rings is 1. The molecule has 2 N–H and O–H groups in total. The maximum absolute atomic E-state index is 12.8. The standard InChI is InChI=1S/C18H18N4O3/c1-21-10-13(11-5-2-3-6-12(11)18(21)25)17(24)20-14-9-15(23)16(14)22-8-4-7-19-22/h2-8,10,14-16,23H,9H2,1H3,(H,20,24)/t14-,15+,16+/m0/s1. The lowest BCUT2D eigenvalue weighted by Crippen LogP contribution is -2.56. The molecule has 0 saturated heterocycles. The van der Waals surface area contributed by atoms with Crippen LogP contribution >= 0.6 is 0 Å². The van der Waals surface area contributed by atoms with Crippen molar-refractivity contribution >= 4 is 16.7 Å². The van der Waals surface area contributed by atoms with Crippen LogP contribution in [0.4, 0.5) is 0 Å². The highest BCUT2D eigenvalue weighted by Crippen LogP contribution is 2.32. The van der Waals surface area contributed by atoms with Gasteiger partial charge in [-0.05, 0) is 18.6 Å². The molecule has 2 aromatic heterocycles. The van der Waals surface area contributed by atoms with Crippen molar-refractivity contribution in [2.45, 2.75) is 24.6 Å². The first-order chi connectivity index (χ1) is 12.1. The van der Waals surface area contributed by atoms with E-state index in [2.05, 4.69) is 10.4 Å². The maximum atomic E-state index is 12.8. The topological polar surface area (TPSA) is 89.2 Å². The molecule has 128 valence electrons. The van der Waals surface area contributed by atoms with Gasteiger partial charge in [0.15, 0.2) is 0 Å². The molecule has 2 heterocycles. The lowest BCUT2D eigenvalue weighted by atomic mass is 9.83. The molecule has 0 bridgehead atoms. The van der Waals surface area contributed by atoms with Crippen LogP contribution in [0.15, 0.2) is 53.7 Å². The average molecular weight is 338 g/mol. The van der Waals surface area contributed by atoms with Gasteiger partial charge in [0.05, 0.1) is 23.8 Å². The molecule has 1 amide bonds. The third kappa shape index (κ3) is 2.53. The zero-order valence-corrected chi connectivity index (χ0v) is 13.7. The van der Waals surface area contributed by atoms with Gasteiger partial charge in [0, 0.05) is 36.4 Å². The summed E-state index contributed by atoms with van der Waals surface area (Å²) < 4.78 is 3.08. The molecule has 3 aromatic rings. The van der Waals surface area contributed by atoms with Gasteiger partial charge in [-0.15, -0.1) is 0 Å². The molecular formula is C18H18N4O3. The zero-order chi connectivity index (χ0) is 17.6. The number of carbonyl (C=O) groups excluding carboxylic acids is 1. The largest absolute Gasteiger partial charge is 0.391 e. The highest BCUT2D eigenvalue weighted by molar-refractivity contribution is 6.06. The Balaban J connectivity index is 1.65. The van der Waals surface area contributed by atoms with Gasteiger partial charge in [-0.3, -0.25) is 14.3 Å². The van der Waals surface area contributed by atoms with E-state index in [9.17, 15) is 14.7 Å². The number of amides is 1. The third-order valence-electron chi connectivity index (χ3n) is 4.78. The summed E-state index contributed by atoms with van der Waals surface area (Å²) in [5.74, 6) is -0.263. The highest BCUT2D eigenvalue weighted by atomic mass is 16.3. The summed E-state index contributed by atoms with van der Waals surface area (Å²) in [6, 6.07) is 8.36. The fraction of sp³-hybridized carbons (Fsp3) is 0.278. The van der Waals surface area contributed by atoms with Crippen LogP contribution in [0.5, 0.6) is 0 Å². The molecule has 1 aliphatic rings. The second-order valence-corrected chi connectivity index (χ2v) is 6.36. The van der Waals surface area contributed by atoms with Gasteiger partial charge >= 0.3 is 0 Å². The molecule has 0 radical (unpaired) electrons. The number of aliphatic hydroxyl groups is 1. The fourth-order valence-electron chi connectivity index (χ4n) is 3.42. The van der Waals surface area contributed by atoms with Gasteiger partial charge in [-0.25, -0.2) is 0 Å². The summed E-state index contributed by atoms with van der Waals surface area (Å²) in [7, 11) is 1.63. The summed E-state index contributed by atoms with van der Waals surface area (Å²) in [6.45, 7) is 0. The smallest absolute Gasteiger partial charge is 0.258 e. The fourth-order valence-corrected chi connectivity index (χ4v) is 3.42. The van der Waals surface area contributed by atoms with E-state index in [1.165, 1.54) is 4.57 Å². The number of aliphatic hydroxyl groups excluding tert-OH is 1. The molecule has 7 nitrogen and oxygen atoms in total. The number of aromatic nitrogens is 3. The number of fused-ring (bicyclic) bond motifs is 1. The summed E-state index contributed by atoms with van der Waals surface area (Å²) in [5, 5.41) is 18.3. The molecule has 0 unspecified atom stereocenters. The van der Waals surface area contributed by atoms with E-state index in [0.717, 1.165) is 0 Å². The average Bonchev–Trinajstić information content (AvgIpc) is 3.11. The predicted molar refractivity (Wildman–Crippen MR) is 92.3 cm³/mol. The Morgan fingerprint density at radius 1 is 1.28 bits per heavy atom. The van der Waals surface area contributed by atoms with E-state index in [-0.39, 0.29) is 23.6 Å². The molecule has 1 aliphatic carbocycles. The van der Waals surface area contributed by atoms with Crippen molar-refractivity contribution in [3.8, 4) is 0 Å². The minimum atomic E-state index is -0.540. The number of benzene rings is 1. The van der Waals surface area contributed by atoms with E-state index in [4.69, 9.17) is 0 Å². The molecule has 7 heteroatoms. The summed E-state index contributed by atoms with van der Waals surface area (Å²) in [5.41, 5.74) is 0.305. The van der Waals surface area contributed by atoms with E-state index in [1.807, 2.05) is 0 Å². The van der Waals surface area contributed by atoms with Crippen LogP contribution in [0, 0.1) is 0 Å². The van der Waals surface area contributed by atoms with E-state index in [0.29, 0.717) is 22.8 Å². The van der Waals surface area contributed by atoms with E-state index in [1.54, 1.807) is 60.7 Å². The number of nitrogens with one attached hydrogen (secondary N) is 1.